The van der Waals surface area contributed by atoms with Gasteiger partial charge >= 0.3 is 6.09 Å². The van der Waals surface area contributed by atoms with E-state index in [9.17, 15) is 28.8 Å². The van der Waals surface area contributed by atoms with E-state index in [-0.39, 0.29) is 49.4 Å². The van der Waals surface area contributed by atoms with Gasteiger partial charge in [0.05, 0.1) is 130 Å². The van der Waals surface area contributed by atoms with Gasteiger partial charge in [-0.05, 0) is 18.6 Å². The number of benzene rings is 1. The number of amides is 6. The van der Waals surface area contributed by atoms with E-state index in [1.165, 1.54) is 18.2 Å². The molecule has 2 heterocycles. The van der Waals surface area contributed by atoms with Crippen LogP contribution in [-0.2, 0) is 57.0 Å². The van der Waals surface area contributed by atoms with Crippen LogP contribution in [0.25, 0.3) is 0 Å². The van der Waals surface area contributed by atoms with Crippen LogP contribution in [0, 0.1) is 0 Å². The highest BCUT2D eigenvalue weighted by atomic mass is 16.6. The van der Waals surface area contributed by atoms with Crippen LogP contribution in [0.2, 0.25) is 0 Å². The van der Waals surface area contributed by atoms with Crippen molar-refractivity contribution in [2.45, 2.75) is 18.9 Å². The first-order valence-electron chi connectivity index (χ1n) is 18.7. The summed E-state index contributed by atoms with van der Waals surface area (Å²) in [5.41, 5.74) is 0.0248. The normalized spacial score (nSPS) is 15.2. The van der Waals surface area contributed by atoms with Crippen LogP contribution in [0.15, 0.2) is 18.2 Å². The number of carbonyl (C=O) groups excluding carboxylic acids is 5. The first-order valence-corrected chi connectivity index (χ1v) is 18.7. The second kappa shape index (κ2) is 29.0. The fraction of sp³-hybridized carbons (Fsp3) is 0.667. The largest absolute Gasteiger partial charge is 0.483 e. The number of carbonyl (C=O) groups is 6. The van der Waals surface area contributed by atoms with Gasteiger partial charge in [-0.25, -0.2) is 4.79 Å². The average molecular weight is 815 g/mol. The molecule has 1 atom stereocenters. The number of imide groups is 2. The zero-order valence-electron chi connectivity index (χ0n) is 32.0. The molecule has 57 heavy (non-hydrogen) atoms. The third-order valence-corrected chi connectivity index (χ3v) is 7.86. The number of nitrogens with one attached hydrogen (secondary N) is 3. The van der Waals surface area contributed by atoms with Crippen molar-refractivity contribution in [2.24, 2.45) is 0 Å². The van der Waals surface area contributed by atoms with Gasteiger partial charge in [-0.15, -0.1) is 0 Å². The number of fused-ring (bicyclic) bond motifs is 1. The lowest BCUT2D eigenvalue weighted by molar-refractivity contribution is -0.136. The SMILES string of the molecule is O=C(O)NCCOCCOCCOCCOCCOCCOCCOCCOCCOCCNC(=O)COc1cccc2c1C(=O)N(C1CCC(=O)NC1=O)C2=O. The molecule has 1 unspecified atom stereocenters. The van der Waals surface area contributed by atoms with Gasteiger partial charge in [0.25, 0.3) is 17.7 Å². The quantitative estimate of drug-likeness (QED) is 0.0481. The maximum absolute atomic E-state index is 13.1. The zero-order chi connectivity index (χ0) is 40.9. The Morgan fingerprint density at radius 2 is 1.07 bits per heavy atom. The predicted octanol–water partition coefficient (Wildman–Crippen LogP) is -1.00. The van der Waals surface area contributed by atoms with Crippen molar-refractivity contribution in [3.63, 3.8) is 0 Å². The van der Waals surface area contributed by atoms with Crippen LogP contribution in [0.4, 0.5) is 4.79 Å². The van der Waals surface area contributed by atoms with Gasteiger partial charge in [0, 0.05) is 19.5 Å². The number of carboxylic acid groups (broad SMARTS) is 1. The van der Waals surface area contributed by atoms with Gasteiger partial charge in [0.1, 0.15) is 11.8 Å². The van der Waals surface area contributed by atoms with E-state index < -0.39 is 48.3 Å². The van der Waals surface area contributed by atoms with Crippen molar-refractivity contribution in [3.05, 3.63) is 29.3 Å². The minimum absolute atomic E-state index is 0.00664. The molecule has 2 aliphatic heterocycles. The van der Waals surface area contributed by atoms with E-state index in [1.807, 2.05) is 0 Å². The molecule has 4 N–H and O–H groups in total. The molecule has 0 aliphatic carbocycles. The van der Waals surface area contributed by atoms with E-state index >= 15 is 0 Å². The highest BCUT2D eigenvalue weighted by Gasteiger charge is 2.46. The standard InChI is InChI=1S/C36H54N4O17/c41-30-5-4-28(33(43)39-30)40-34(44)27-2-1-3-29(32(27)35(40)45)57-26-31(42)37-6-8-48-10-12-50-14-16-52-18-20-54-22-24-56-25-23-55-21-19-53-17-15-51-13-11-49-9-7-38-36(46)47/h1-3,28,38H,4-26H2,(H,37,42)(H,46,47)(H,39,41,43). The number of nitrogens with zero attached hydrogens (tertiary/aromatic N) is 1. The summed E-state index contributed by atoms with van der Waals surface area (Å²) in [7, 11) is 0. The highest BCUT2D eigenvalue weighted by molar-refractivity contribution is 6.24. The number of hydrogen-bond donors (Lipinski definition) is 4. The summed E-state index contributed by atoms with van der Waals surface area (Å²) in [6.07, 6.45) is -1.04. The summed E-state index contributed by atoms with van der Waals surface area (Å²) in [4.78, 5) is 73.3. The lowest BCUT2D eigenvalue weighted by Crippen LogP contribution is -2.54. The van der Waals surface area contributed by atoms with Crippen molar-refractivity contribution in [1.29, 1.82) is 0 Å². The Labute approximate surface area is 330 Å². The number of piperidine rings is 1. The van der Waals surface area contributed by atoms with E-state index in [2.05, 4.69) is 16.0 Å². The Balaban J connectivity index is 1.03. The first kappa shape index (κ1) is 47.1. The maximum atomic E-state index is 13.1. The molecule has 0 saturated carbocycles. The molecule has 0 radical (unpaired) electrons. The fourth-order valence-corrected chi connectivity index (χ4v) is 5.15. The van der Waals surface area contributed by atoms with Crippen molar-refractivity contribution in [2.75, 3.05) is 139 Å². The van der Waals surface area contributed by atoms with Crippen molar-refractivity contribution >= 4 is 35.6 Å². The Hall–Kier alpha value is -4.32. The molecule has 0 bridgehead atoms. The summed E-state index contributed by atoms with van der Waals surface area (Å²) in [5.74, 6) is -2.99. The van der Waals surface area contributed by atoms with E-state index in [0.29, 0.717) is 112 Å². The number of ether oxygens (including phenoxy) is 10. The topological polar surface area (TPSA) is 254 Å². The zero-order valence-corrected chi connectivity index (χ0v) is 32.0. The van der Waals surface area contributed by atoms with Crippen molar-refractivity contribution in [1.82, 2.24) is 20.9 Å². The Morgan fingerprint density at radius 1 is 0.632 bits per heavy atom. The monoisotopic (exact) mass is 814 g/mol. The minimum Gasteiger partial charge on any atom is -0.483 e. The lowest BCUT2D eigenvalue weighted by Gasteiger charge is -2.27. The van der Waals surface area contributed by atoms with Gasteiger partial charge in [-0.2, -0.15) is 0 Å². The number of hydrogen-bond acceptors (Lipinski definition) is 16. The smallest absolute Gasteiger partial charge is 0.404 e. The van der Waals surface area contributed by atoms with Crippen LogP contribution in [0.5, 0.6) is 5.75 Å². The van der Waals surface area contributed by atoms with Crippen LogP contribution in [0.1, 0.15) is 33.6 Å². The number of rotatable bonds is 34. The molecular formula is C36H54N4O17. The molecule has 21 nitrogen and oxygen atoms in total. The second-order valence-corrected chi connectivity index (χ2v) is 12.0. The van der Waals surface area contributed by atoms with Gasteiger partial charge in [-0.1, -0.05) is 6.07 Å². The summed E-state index contributed by atoms with van der Waals surface area (Å²) in [5, 5.41) is 15.4. The molecule has 1 aromatic rings. The average Bonchev–Trinajstić information content (AvgIpc) is 3.44. The van der Waals surface area contributed by atoms with Gasteiger partial charge in [0.15, 0.2) is 6.61 Å². The fourth-order valence-electron chi connectivity index (χ4n) is 5.15. The molecule has 0 spiro atoms. The predicted molar refractivity (Wildman–Crippen MR) is 195 cm³/mol. The van der Waals surface area contributed by atoms with Gasteiger partial charge < -0.3 is 63.1 Å². The summed E-state index contributed by atoms with van der Waals surface area (Å²) < 4.78 is 54.2. The van der Waals surface area contributed by atoms with E-state index in [0.717, 1.165) is 4.90 Å². The molecule has 2 aliphatic rings. The molecule has 3 rings (SSSR count). The molecular weight excluding hydrogens is 760 g/mol. The van der Waals surface area contributed by atoms with Gasteiger partial charge in [-0.3, -0.25) is 34.2 Å². The summed E-state index contributed by atoms with van der Waals surface area (Å²) >= 11 is 0. The van der Waals surface area contributed by atoms with Crippen LogP contribution in [0.3, 0.4) is 0 Å². The van der Waals surface area contributed by atoms with Crippen LogP contribution in [-0.4, -0.2) is 190 Å². The molecule has 320 valence electrons. The molecule has 0 aromatic heterocycles. The summed E-state index contributed by atoms with van der Waals surface area (Å²) in [6, 6.07) is 3.31. The van der Waals surface area contributed by atoms with E-state index in [1.54, 1.807) is 0 Å². The first-order chi connectivity index (χ1) is 27.8. The van der Waals surface area contributed by atoms with Crippen molar-refractivity contribution < 1.29 is 81.2 Å². The van der Waals surface area contributed by atoms with E-state index in [4.69, 9.17) is 52.5 Å². The van der Waals surface area contributed by atoms with Gasteiger partial charge in [0.2, 0.25) is 11.8 Å². The minimum atomic E-state index is -1.10. The maximum Gasteiger partial charge on any atom is 0.404 e. The molecule has 1 aromatic carbocycles. The lowest BCUT2D eigenvalue weighted by atomic mass is 10.0. The molecule has 21 heteroatoms. The summed E-state index contributed by atoms with van der Waals surface area (Å²) in [6.45, 7) is 7.14. The molecule has 1 saturated heterocycles. The highest BCUT2D eigenvalue weighted by Crippen LogP contribution is 2.33. The van der Waals surface area contributed by atoms with Crippen LogP contribution >= 0.6 is 0 Å². The van der Waals surface area contributed by atoms with Crippen LogP contribution < -0.4 is 20.7 Å². The third kappa shape index (κ3) is 19.1. The molecule has 1 fully saturated rings. The second-order valence-electron chi connectivity index (χ2n) is 12.0. The van der Waals surface area contributed by atoms with Crippen molar-refractivity contribution in [3.8, 4) is 5.75 Å². The third-order valence-electron chi connectivity index (χ3n) is 7.86. The Kier molecular flexibility index (Phi) is 23.9. The Morgan fingerprint density at radius 3 is 1.51 bits per heavy atom. The Bertz CT molecular complexity index is 1400. The molecule has 6 amide bonds.